The second-order valence-corrected chi connectivity index (χ2v) is 8.15. The number of hydrogen-bond donors (Lipinski definition) is 1. The summed E-state index contributed by atoms with van der Waals surface area (Å²) in [5.41, 5.74) is 0. The highest BCUT2D eigenvalue weighted by Crippen LogP contribution is 2.15. The predicted molar refractivity (Wildman–Crippen MR) is 120 cm³/mol. The zero-order chi connectivity index (χ0) is 18.3. The molecule has 0 fully saturated rings. The molecule has 0 aromatic rings. The minimum Gasteiger partial charge on any atom is -0.396 e. The summed E-state index contributed by atoms with van der Waals surface area (Å²) in [4.78, 5) is 0. The summed E-state index contributed by atoms with van der Waals surface area (Å²) >= 11 is 0. The Hall–Kier alpha value is 0.492. The van der Waals surface area contributed by atoms with Crippen molar-refractivity contribution in [1.82, 2.24) is 0 Å². The Morgan fingerprint density at radius 2 is 0.538 bits per heavy atom. The van der Waals surface area contributed by atoms with Crippen molar-refractivity contribution in [2.75, 3.05) is 6.61 Å². The van der Waals surface area contributed by atoms with E-state index in [-0.39, 0.29) is 17.4 Å². The van der Waals surface area contributed by atoms with Gasteiger partial charge in [0.25, 0.3) is 0 Å². The molecule has 2 heteroatoms. The minimum absolute atomic E-state index is 0. The number of rotatable bonds is 22. The van der Waals surface area contributed by atoms with Crippen molar-refractivity contribution in [2.24, 2.45) is 0 Å². The van der Waals surface area contributed by atoms with Gasteiger partial charge in [-0.15, -0.1) is 0 Å². The molecule has 0 aliphatic carbocycles. The van der Waals surface area contributed by atoms with Gasteiger partial charge < -0.3 is 5.11 Å². The van der Waals surface area contributed by atoms with Crippen molar-refractivity contribution >= 4 is 17.4 Å². The SMILES string of the molecule is CCCCCCCCCCCCCCCCCCCCCCCCO.[Al]. The molecule has 0 spiro atoms. The van der Waals surface area contributed by atoms with E-state index in [4.69, 9.17) is 5.11 Å². The first-order valence-corrected chi connectivity index (χ1v) is 12.0. The summed E-state index contributed by atoms with van der Waals surface area (Å²) in [6.07, 6.45) is 31.1. The van der Waals surface area contributed by atoms with Gasteiger partial charge in [-0.2, -0.15) is 0 Å². The maximum Gasteiger partial charge on any atom is 0.0431 e. The van der Waals surface area contributed by atoms with Gasteiger partial charge >= 0.3 is 0 Å². The second-order valence-electron chi connectivity index (χ2n) is 8.15. The van der Waals surface area contributed by atoms with Crippen LogP contribution in [0.5, 0.6) is 0 Å². The topological polar surface area (TPSA) is 20.2 Å². The van der Waals surface area contributed by atoms with Crippen LogP contribution in [0.15, 0.2) is 0 Å². The standard InChI is InChI=1S/C24H50O.Al/c1-2-3-4-5-6-7-8-9-10-11-12-13-14-15-16-17-18-19-20-21-22-23-24-25;/h25H,2-24H2,1H3;. The molecule has 0 aliphatic heterocycles. The molecule has 0 aromatic carbocycles. The molecule has 3 radical (unpaired) electrons. The first-order valence-electron chi connectivity index (χ1n) is 12.0. The van der Waals surface area contributed by atoms with Gasteiger partial charge in [0.1, 0.15) is 0 Å². The summed E-state index contributed by atoms with van der Waals surface area (Å²) in [5, 5.41) is 8.72. The molecule has 0 rings (SSSR count). The van der Waals surface area contributed by atoms with Crippen LogP contribution in [0.2, 0.25) is 0 Å². The molecule has 0 saturated carbocycles. The van der Waals surface area contributed by atoms with E-state index in [1.165, 1.54) is 135 Å². The summed E-state index contributed by atoms with van der Waals surface area (Å²) in [7, 11) is 0. The minimum atomic E-state index is 0. The first kappa shape index (κ1) is 28.7. The molecule has 26 heavy (non-hydrogen) atoms. The lowest BCUT2D eigenvalue weighted by Crippen LogP contribution is -1.85. The third-order valence-electron chi connectivity index (χ3n) is 5.51. The Morgan fingerprint density at radius 3 is 0.731 bits per heavy atom. The Balaban J connectivity index is 0. The highest BCUT2D eigenvalue weighted by Gasteiger charge is 1.95. The molecular formula is C24H50AlO. The molecule has 0 aliphatic rings. The predicted octanol–water partition coefficient (Wildman–Crippen LogP) is 8.20. The lowest BCUT2D eigenvalue weighted by atomic mass is 10.0. The van der Waals surface area contributed by atoms with Crippen molar-refractivity contribution in [3.63, 3.8) is 0 Å². The molecule has 0 aromatic heterocycles. The fourth-order valence-electron chi connectivity index (χ4n) is 3.72. The zero-order valence-electron chi connectivity index (χ0n) is 18.3. The Labute approximate surface area is 177 Å². The van der Waals surface area contributed by atoms with Gasteiger partial charge in [0.05, 0.1) is 0 Å². The smallest absolute Gasteiger partial charge is 0.0431 e. The maximum atomic E-state index is 8.72. The Morgan fingerprint density at radius 1 is 0.346 bits per heavy atom. The lowest BCUT2D eigenvalue weighted by Gasteiger charge is -2.04. The van der Waals surface area contributed by atoms with Crippen LogP contribution in [0.4, 0.5) is 0 Å². The molecule has 0 atom stereocenters. The Kier molecular flexibility index (Phi) is 30.6. The molecular weight excluding hydrogens is 331 g/mol. The van der Waals surface area contributed by atoms with E-state index in [0.29, 0.717) is 6.61 Å². The molecule has 1 N–H and O–H groups in total. The molecule has 0 saturated heterocycles. The van der Waals surface area contributed by atoms with Gasteiger partial charge in [-0.3, -0.25) is 0 Å². The Bertz CT molecular complexity index is 198. The van der Waals surface area contributed by atoms with Crippen LogP contribution in [0, 0.1) is 0 Å². The third kappa shape index (κ3) is 26.7. The van der Waals surface area contributed by atoms with Crippen molar-refractivity contribution in [2.45, 2.75) is 148 Å². The highest BCUT2D eigenvalue weighted by molar-refractivity contribution is 5.75. The van der Waals surface area contributed by atoms with Gasteiger partial charge in [-0.05, 0) is 6.42 Å². The van der Waals surface area contributed by atoms with Crippen LogP contribution in [-0.4, -0.2) is 29.1 Å². The molecule has 0 heterocycles. The third-order valence-corrected chi connectivity index (χ3v) is 5.51. The first-order chi connectivity index (χ1) is 12.4. The van der Waals surface area contributed by atoms with Crippen molar-refractivity contribution in [3.05, 3.63) is 0 Å². The van der Waals surface area contributed by atoms with E-state index in [0.717, 1.165) is 6.42 Å². The van der Waals surface area contributed by atoms with Gasteiger partial charge in [-0.1, -0.05) is 142 Å². The maximum absolute atomic E-state index is 8.72. The molecule has 1 nitrogen and oxygen atoms in total. The van der Waals surface area contributed by atoms with E-state index < -0.39 is 0 Å². The van der Waals surface area contributed by atoms with Crippen molar-refractivity contribution in [1.29, 1.82) is 0 Å². The van der Waals surface area contributed by atoms with Gasteiger partial charge in [0, 0.05) is 24.0 Å². The number of aliphatic hydroxyl groups is 1. The summed E-state index contributed by atoms with van der Waals surface area (Å²) in [6, 6.07) is 0. The van der Waals surface area contributed by atoms with Gasteiger partial charge in [0.15, 0.2) is 0 Å². The van der Waals surface area contributed by atoms with Crippen LogP contribution < -0.4 is 0 Å². The quantitative estimate of drug-likeness (QED) is 0.148. The normalized spacial score (nSPS) is 10.8. The average molecular weight is 382 g/mol. The van der Waals surface area contributed by atoms with E-state index in [2.05, 4.69) is 6.92 Å². The molecule has 0 amide bonds. The lowest BCUT2D eigenvalue weighted by molar-refractivity contribution is 0.282. The van der Waals surface area contributed by atoms with E-state index >= 15 is 0 Å². The van der Waals surface area contributed by atoms with Crippen LogP contribution in [0.3, 0.4) is 0 Å². The second kappa shape index (κ2) is 27.7. The number of hydrogen-bond acceptors (Lipinski definition) is 1. The number of unbranched alkanes of at least 4 members (excludes halogenated alkanes) is 21. The van der Waals surface area contributed by atoms with E-state index in [1.807, 2.05) is 0 Å². The zero-order valence-corrected chi connectivity index (χ0v) is 19.4. The number of aliphatic hydroxyl groups excluding tert-OH is 1. The van der Waals surface area contributed by atoms with Crippen LogP contribution in [0.1, 0.15) is 148 Å². The summed E-state index contributed by atoms with van der Waals surface area (Å²) < 4.78 is 0. The highest BCUT2D eigenvalue weighted by atomic mass is 27.0. The molecule has 0 unspecified atom stereocenters. The average Bonchev–Trinajstić information content (AvgIpc) is 2.63. The van der Waals surface area contributed by atoms with Crippen LogP contribution in [0.25, 0.3) is 0 Å². The fourth-order valence-corrected chi connectivity index (χ4v) is 3.72. The monoisotopic (exact) mass is 381 g/mol. The summed E-state index contributed by atoms with van der Waals surface area (Å²) in [5.74, 6) is 0. The van der Waals surface area contributed by atoms with Gasteiger partial charge in [-0.25, -0.2) is 0 Å². The fraction of sp³-hybridized carbons (Fsp3) is 1.00. The molecule has 0 bridgehead atoms. The largest absolute Gasteiger partial charge is 0.396 e. The van der Waals surface area contributed by atoms with E-state index in [9.17, 15) is 0 Å². The van der Waals surface area contributed by atoms with Crippen molar-refractivity contribution in [3.8, 4) is 0 Å². The van der Waals surface area contributed by atoms with Crippen LogP contribution in [-0.2, 0) is 0 Å². The van der Waals surface area contributed by atoms with Gasteiger partial charge in [0.2, 0.25) is 0 Å². The van der Waals surface area contributed by atoms with Crippen molar-refractivity contribution < 1.29 is 5.11 Å². The van der Waals surface area contributed by atoms with E-state index in [1.54, 1.807) is 0 Å². The summed E-state index contributed by atoms with van der Waals surface area (Å²) in [6.45, 7) is 2.67. The molecule has 155 valence electrons. The van der Waals surface area contributed by atoms with Crippen LogP contribution >= 0.6 is 0 Å².